The minimum absolute atomic E-state index is 0.00825. The molecular formula is C33H34FN3O5S. The Morgan fingerprint density at radius 3 is 2.02 bits per heavy atom. The Morgan fingerprint density at radius 2 is 1.44 bits per heavy atom. The van der Waals surface area contributed by atoms with E-state index in [-0.39, 0.29) is 23.5 Å². The van der Waals surface area contributed by atoms with Crippen LogP contribution in [-0.4, -0.2) is 51.4 Å². The van der Waals surface area contributed by atoms with E-state index in [0.717, 1.165) is 9.87 Å². The summed E-state index contributed by atoms with van der Waals surface area (Å²) < 4.78 is 48.2. The summed E-state index contributed by atoms with van der Waals surface area (Å²) in [6, 6.07) is 28.1. The molecule has 1 unspecified atom stereocenters. The van der Waals surface area contributed by atoms with Gasteiger partial charge in [-0.15, -0.1) is 0 Å². The molecule has 0 aromatic heterocycles. The number of amides is 2. The molecule has 8 nitrogen and oxygen atoms in total. The van der Waals surface area contributed by atoms with E-state index in [1.54, 1.807) is 42.5 Å². The van der Waals surface area contributed by atoms with Gasteiger partial charge >= 0.3 is 0 Å². The number of rotatable bonds is 13. The zero-order valence-electron chi connectivity index (χ0n) is 24.0. The molecule has 10 heteroatoms. The van der Waals surface area contributed by atoms with Crippen LogP contribution >= 0.6 is 0 Å². The summed E-state index contributed by atoms with van der Waals surface area (Å²) in [7, 11) is -2.72. The maximum atomic E-state index is 14.2. The third kappa shape index (κ3) is 7.98. The Morgan fingerprint density at radius 1 is 0.837 bits per heavy atom. The van der Waals surface area contributed by atoms with Crippen LogP contribution in [0.15, 0.2) is 114 Å². The summed E-state index contributed by atoms with van der Waals surface area (Å²) in [5, 5.41) is 2.64. The molecule has 1 atom stereocenters. The second kappa shape index (κ2) is 14.5. The molecule has 0 aliphatic rings. The molecule has 0 fully saturated rings. The third-order valence-corrected chi connectivity index (χ3v) is 8.62. The number of hydrogen-bond donors (Lipinski definition) is 1. The predicted octanol–water partition coefficient (Wildman–Crippen LogP) is 4.81. The van der Waals surface area contributed by atoms with Gasteiger partial charge in [0.1, 0.15) is 24.2 Å². The van der Waals surface area contributed by atoms with E-state index in [9.17, 15) is 22.4 Å². The molecule has 0 aliphatic carbocycles. The number of carbonyl (C=O) groups excluding carboxylic acids is 2. The van der Waals surface area contributed by atoms with E-state index in [1.807, 2.05) is 37.3 Å². The smallest absolute Gasteiger partial charge is 0.264 e. The van der Waals surface area contributed by atoms with E-state index in [0.29, 0.717) is 17.9 Å². The summed E-state index contributed by atoms with van der Waals surface area (Å²) in [4.78, 5) is 28.9. The summed E-state index contributed by atoms with van der Waals surface area (Å²) >= 11 is 0. The topological polar surface area (TPSA) is 96.0 Å². The second-order valence-electron chi connectivity index (χ2n) is 9.72. The third-order valence-electron chi connectivity index (χ3n) is 6.83. The normalized spacial score (nSPS) is 11.8. The molecule has 4 aromatic rings. The quantitative estimate of drug-likeness (QED) is 0.237. The monoisotopic (exact) mass is 603 g/mol. The number of halogens is 1. The van der Waals surface area contributed by atoms with Gasteiger partial charge in [0.25, 0.3) is 10.0 Å². The number of sulfonamides is 1. The number of carbonyl (C=O) groups is 2. The number of ether oxygens (including phenoxy) is 1. The lowest BCUT2D eigenvalue weighted by molar-refractivity contribution is -0.139. The van der Waals surface area contributed by atoms with Crippen molar-refractivity contribution in [3.8, 4) is 5.75 Å². The van der Waals surface area contributed by atoms with Crippen LogP contribution in [0.1, 0.15) is 18.1 Å². The zero-order valence-corrected chi connectivity index (χ0v) is 24.8. The number of anilines is 1. The van der Waals surface area contributed by atoms with Crippen LogP contribution in [0, 0.1) is 5.82 Å². The Kier molecular flexibility index (Phi) is 10.5. The lowest BCUT2D eigenvalue weighted by Crippen LogP contribution is -2.53. The van der Waals surface area contributed by atoms with E-state index in [1.165, 1.54) is 48.3 Å². The maximum Gasteiger partial charge on any atom is 0.264 e. The van der Waals surface area contributed by atoms with Crippen molar-refractivity contribution < 1.29 is 27.1 Å². The summed E-state index contributed by atoms with van der Waals surface area (Å²) in [5.74, 6) is -0.917. The molecule has 4 aromatic carbocycles. The van der Waals surface area contributed by atoms with Crippen LogP contribution in [0.4, 0.5) is 10.1 Å². The fourth-order valence-corrected chi connectivity index (χ4v) is 6.07. The van der Waals surface area contributed by atoms with Crippen molar-refractivity contribution in [2.24, 2.45) is 0 Å². The summed E-state index contributed by atoms with van der Waals surface area (Å²) in [5.41, 5.74) is 1.64. The van der Waals surface area contributed by atoms with E-state index < -0.39 is 40.2 Å². The van der Waals surface area contributed by atoms with Crippen molar-refractivity contribution in [3.63, 3.8) is 0 Å². The first-order valence-electron chi connectivity index (χ1n) is 13.8. The Bertz CT molecular complexity index is 1600. The first-order valence-corrected chi connectivity index (χ1v) is 15.3. The van der Waals surface area contributed by atoms with Crippen LogP contribution in [0.25, 0.3) is 0 Å². The molecular weight excluding hydrogens is 569 g/mol. The summed E-state index contributed by atoms with van der Waals surface area (Å²) in [6.07, 6.45) is 0.182. The largest absolute Gasteiger partial charge is 0.494 e. The van der Waals surface area contributed by atoms with E-state index >= 15 is 0 Å². The van der Waals surface area contributed by atoms with Gasteiger partial charge in [-0.2, -0.15) is 0 Å². The van der Waals surface area contributed by atoms with Gasteiger partial charge in [0, 0.05) is 20.0 Å². The molecule has 0 radical (unpaired) electrons. The van der Waals surface area contributed by atoms with Crippen molar-refractivity contribution >= 4 is 27.5 Å². The van der Waals surface area contributed by atoms with Gasteiger partial charge in [-0.1, -0.05) is 60.7 Å². The molecule has 224 valence electrons. The van der Waals surface area contributed by atoms with Crippen LogP contribution in [-0.2, 0) is 32.6 Å². The molecule has 1 N–H and O–H groups in total. The average molecular weight is 604 g/mol. The number of nitrogens with zero attached hydrogens (tertiary/aromatic N) is 2. The van der Waals surface area contributed by atoms with Gasteiger partial charge in [0.05, 0.1) is 17.2 Å². The highest BCUT2D eigenvalue weighted by Crippen LogP contribution is 2.27. The molecule has 4 rings (SSSR count). The minimum atomic E-state index is -4.20. The fourth-order valence-electron chi connectivity index (χ4n) is 4.63. The predicted molar refractivity (Wildman–Crippen MR) is 164 cm³/mol. The Hall–Kier alpha value is -4.70. The van der Waals surface area contributed by atoms with Crippen LogP contribution in [0.5, 0.6) is 5.75 Å². The fraction of sp³-hybridized carbons (Fsp3) is 0.212. The number of nitrogens with one attached hydrogen (secondary N) is 1. The molecule has 0 heterocycles. The van der Waals surface area contributed by atoms with E-state index in [2.05, 4.69) is 5.32 Å². The number of likely N-dealkylation sites (N-methyl/N-ethyl adjacent to an activating group) is 1. The van der Waals surface area contributed by atoms with Crippen molar-refractivity contribution in [2.45, 2.75) is 30.8 Å². The van der Waals surface area contributed by atoms with Crippen molar-refractivity contribution in [2.75, 3.05) is 24.5 Å². The van der Waals surface area contributed by atoms with Gasteiger partial charge in [0.2, 0.25) is 11.8 Å². The standard InChI is InChI=1S/C33H34FN3O5S/c1-3-42-29-20-18-28(19-21-29)37(43(40,41)30-12-8-5-9-13-30)24-32(38)36(23-26-14-16-27(34)17-15-26)31(33(39)35-2)22-25-10-6-4-7-11-25/h4-21,31H,3,22-24H2,1-2H3,(H,35,39). The Balaban J connectivity index is 1.77. The van der Waals surface area contributed by atoms with Crippen LogP contribution in [0.3, 0.4) is 0 Å². The van der Waals surface area contributed by atoms with Crippen molar-refractivity contribution in [1.82, 2.24) is 10.2 Å². The molecule has 0 bridgehead atoms. The van der Waals surface area contributed by atoms with Gasteiger partial charge in [-0.05, 0) is 66.6 Å². The molecule has 0 saturated heterocycles. The SMILES string of the molecule is CCOc1ccc(N(CC(=O)N(Cc2ccc(F)cc2)C(Cc2ccccc2)C(=O)NC)S(=O)(=O)c2ccccc2)cc1. The number of benzene rings is 4. The molecule has 2 amide bonds. The average Bonchev–Trinajstić information content (AvgIpc) is 3.03. The molecule has 0 saturated carbocycles. The lowest BCUT2D eigenvalue weighted by Gasteiger charge is -2.33. The maximum absolute atomic E-state index is 14.2. The van der Waals surface area contributed by atoms with Gasteiger partial charge in [0.15, 0.2) is 0 Å². The van der Waals surface area contributed by atoms with Gasteiger partial charge in [-0.25, -0.2) is 12.8 Å². The van der Waals surface area contributed by atoms with Crippen molar-refractivity contribution in [1.29, 1.82) is 0 Å². The molecule has 0 aliphatic heterocycles. The van der Waals surface area contributed by atoms with Crippen LogP contribution in [0.2, 0.25) is 0 Å². The first kappa shape index (κ1) is 31.2. The number of hydrogen-bond acceptors (Lipinski definition) is 5. The highest BCUT2D eigenvalue weighted by atomic mass is 32.2. The highest BCUT2D eigenvalue weighted by molar-refractivity contribution is 7.92. The zero-order chi connectivity index (χ0) is 30.8. The van der Waals surface area contributed by atoms with Crippen molar-refractivity contribution in [3.05, 3.63) is 126 Å². The van der Waals surface area contributed by atoms with E-state index in [4.69, 9.17) is 4.74 Å². The van der Waals surface area contributed by atoms with Gasteiger partial charge in [-0.3, -0.25) is 13.9 Å². The van der Waals surface area contributed by atoms with Crippen LogP contribution < -0.4 is 14.4 Å². The lowest BCUT2D eigenvalue weighted by atomic mass is 10.0. The van der Waals surface area contributed by atoms with Gasteiger partial charge < -0.3 is 15.0 Å². The molecule has 43 heavy (non-hydrogen) atoms. The highest BCUT2D eigenvalue weighted by Gasteiger charge is 2.34. The minimum Gasteiger partial charge on any atom is -0.494 e. The Labute approximate surface area is 251 Å². The first-order chi connectivity index (χ1) is 20.7. The summed E-state index contributed by atoms with van der Waals surface area (Å²) in [6.45, 7) is 1.64. The molecule has 0 spiro atoms. The second-order valence-corrected chi connectivity index (χ2v) is 11.6.